The van der Waals surface area contributed by atoms with Gasteiger partial charge in [0, 0.05) is 19.5 Å². The van der Waals surface area contributed by atoms with Gasteiger partial charge >= 0.3 is 0 Å². The number of para-hydroxylation sites is 1. The van der Waals surface area contributed by atoms with Crippen molar-refractivity contribution >= 4 is 29.9 Å². The van der Waals surface area contributed by atoms with E-state index in [4.69, 9.17) is 11.6 Å². The molecule has 1 saturated heterocycles. The molecule has 0 aliphatic carbocycles. The minimum absolute atomic E-state index is 0. The average molecular weight is 412 g/mol. The van der Waals surface area contributed by atoms with E-state index in [0.29, 0.717) is 10.9 Å². The van der Waals surface area contributed by atoms with Gasteiger partial charge in [-0.05, 0) is 50.9 Å². The Hall–Kier alpha value is -1.63. The van der Waals surface area contributed by atoms with Crippen molar-refractivity contribution in [1.82, 2.24) is 25.0 Å². The van der Waals surface area contributed by atoms with Gasteiger partial charge in [0.25, 0.3) is 5.91 Å². The van der Waals surface area contributed by atoms with Crippen molar-refractivity contribution in [2.75, 3.05) is 26.7 Å². The number of aromatic nitrogens is 3. The molecule has 27 heavy (non-hydrogen) atoms. The topological polar surface area (TPSA) is 63.1 Å². The molecule has 6 nitrogen and oxygen atoms in total. The van der Waals surface area contributed by atoms with Crippen molar-refractivity contribution in [2.24, 2.45) is 5.92 Å². The van der Waals surface area contributed by atoms with Crippen LogP contribution in [0.15, 0.2) is 24.3 Å². The fourth-order valence-electron chi connectivity index (χ4n) is 3.48. The van der Waals surface area contributed by atoms with Crippen LogP contribution in [0.1, 0.15) is 42.6 Å². The number of hydrogen-bond donors (Lipinski definition) is 1. The van der Waals surface area contributed by atoms with Crippen molar-refractivity contribution in [2.45, 2.75) is 32.6 Å². The second kappa shape index (κ2) is 10.1. The fourth-order valence-corrected chi connectivity index (χ4v) is 3.70. The van der Waals surface area contributed by atoms with Crippen LogP contribution < -0.4 is 5.32 Å². The lowest BCUT2D eigenvalue weighted by Crippen LogP contribution is -2.42. The predicted octanol–water partition coefficient (Wildman–Crippen LogP) is 3.37. The molecule has 1 unspecified atom stereocenters. The molecule has 1 aromatic carbocycles. The molecule has 2 aromatic rings. The number of hydrogen-bond acceptors (Lipinski definition) is 4. The molecular weight excluding hydrogens is 385 g/mol. The first-order valence-corrected chi connectivity index (χ1v) is 9.66. The summed E-state index contributed by atoms with van der Waals surface area (Å²) in [6.07, 6.45) is 3.83. The highest BCUT2D eigenvalue weighted by Gasteiger charge is 2.27. The van der Waals surface area contributed by atoms with E-state index in [2.05, 4.69) is 22.3 Å². The first kappa shape index (κ1) is 21.7. The number of piperidine rings is 1. The zero-order valence-electron chi connectivity index (χ0n) is 15.8. The van der Waals surface area contributed by atoms with Crippen molar-refractivity contribution in [1.29, 1.82) is 0 Å². The molecule has 1 aromatic heterocycles. The average Bonchev–Trinajstić information content (AvgIpc) is 3.06. The molecule has 1 aliphatic rings. The van der Waals surface area contributed by atoms with E-state index in [1.807, 2.05) is 36.2 Å². The van der Waals surface area contributed by atoms with Gasteiger partial charge in [-0.25, -0.2) is 9.67 Å². The summed E-state index contributed by atoms with van der Waals surface area (Å²) in [5.74, 6) is 1.43. The molecule has 1 N–H and O–H groups in total. The van der Waals surface area contributed by atoms with Gasteiger partial charge in [0.2, 0.25) is 5.82 Å². The Morgan fingerprint density at radius 2 is 2.15 bits per heavy atom. The zero-order chi connectivity index (χ0) is 18.5. The standard InChI is InChI=1S/C19H26ClN5O.ClH/c1-3-7-17-22-18(23-25(17)16-10-5-4-9-15(16)20)19(26)24-11-6-8-14(13-24)12-21-2;/h4-5,9-10,14,21H,3,6-8,11-13H2,1-2H3;1H. The SMILES string of the molecule is CCCc1nc(C(=O)N2CCCC(CNC)C2)nn1-c1ccccc1Cl.Cl. The van der Waals surface area contributed by atoms with Gasteiger partial charge in [-0.2, -0.15) is 0 Å². The number of nitrogens with zero attached hydrogens (tertiary/aromatic N) is 4. The molecule has 1 amide bonds. The highest BCUT2D eigenvalue weighted by Crippen LogP contribution is 2.22. The third-order valence-corrected chi connectivity index (χ3v) is 5.04. The van der Waals surface area contributed by atoms with Gasteiger partial charge < -0.3 is 10.2 Å². The number of benzene rings is 1. The summed E-state index contributed by atoms with van der Waals surface area (Å²) in [5.41, 5.74) is 0.760. The minimum Gasteiger partial charge on any atom is -0.336 e. The van der Waals surface area contributed by atoms with Gasteiger partial charge in [-0.1, -0.05) is 30.7 Å². The van der Waals surface area contributed by atoms with Crippen LogP contribution in [0.5, 0.6) is 0 Å². The maximum Gasteiger partial charge on any atom is 0.293 e. The summed E-state index contributed by atoms with van der Waals surface area (Å²) < 4.78 is 1.72. The summed E-state index contributed by atoms with van der Waals surface area (Å²) in [7, 11) is 1.95. The highest BCUT2D eigenvalue weighted by atomic mass is 35.5. The molecule has 8 heteroatoms. The first-order valence-electron chi connectivity index (χ1n) is 9.28. The monoisotopic (exact) mass is 411 g/mol. The van der Waals surface area contributed by atoms with E-state index < -0.39 is 0 Å². The Morgan fingerprint density at radius 3 is 2.85 bits per heavy atom. The summed E-state index contributed by atoms with van der Waals surface area (Å²) in [6, 6.07) is 7.51. The van der Waals surface area contributed by atoms with Crippen molar-refractivity contribution in [3.63, 3.8) is 0 Å². The van der Waals surface area contributed by atoms with Gasteiger partial charge in [0.1, 0.15) is 5.82 Å². The number of aryl methyl sites for hydroxylation is 1. The molecule has 1 fully saturated rings. The van der Waals surface area contributed by atoms with Crippen LogP contribution >= 0.6 is 24.0 Å². The summed E-state index contributed by atoms with van der Waals surface area (Å²) in [6.45, 7) is 4.53. The van der Waals surface area contributed by atoms with Gasteiger partial charge in [-0.15, -0.1) is 17.5 Å². The lowest BCUT2D eigenvalue weighted by atomic mass is 9.98. The van der Waals surface area contributed by atoms with Crippen LogP contribution in [0.25, 0.3) is 5.69 Å². The molecule has 0 radical (unpaired) electrons. The Balaban J connectivity index is 0.00000261. The Morgan fingerprint density at radius 1 is 1.37 bits per heavy atom. The van der Waals surface area contributed by atoms with Crippen molar-refractivity contribution in [3.8, 4) is 5.69 Å². The van der Waals surface area contributed by atoms with Crippen LogP contribution in [0.2, 0.25) is 5.02 Å². The maximum absolute atomic E-state index is 13.0. The Kier molecular flexibility index (Phi) is 8.07. The third-order valence-electron chi connectivity index (χ3n) is 4.72. The highest BCUT2D eigenvalue weighted by molar-refractivity contribution is 6.32. The summed E-state index contributed by atoms with van der Waals surface area (Å²) in [4.78, 5) is 19.4. The van der Waals surface area contributed by atoms with Crippen molar-refractivity contribution in [3.05, 3.63) is 40.9 Å². The quantitative estimate of drug-likeness (QED) is 0.791. The lowest BCUT2D eigenvalue weighted by Gasteiger charge is -2.31. The number of carbonyl (C=O) groups is 1. The maximum atomic E-state index is 13.0. The molecule has 2 heterocycles. The normalized spacial score (nSPS) is 16.9. The number of carbonyl (C=O) groups excluding carboxylic acids is 1. The van der Waals surface area contributed by atoms with Crippen LogP contribution in [0.3, 0.4) is 0 Å². The van der Waals surface area contributed by atoms with E-state index in [1.54, 1.807) is 4.68 Å². The van der Waals surface area contributed by atoms with Gasteiger partial charge in [-0.3, -0.25) is 4.79 Å². The first-order chi connectivity index (χ1) is 12.6. The number of halogens is 2. The number of likely N-dealkylation sites (tertiary alicyclic amines) is 1. The molecule has 3 rings (SSSR count). The molecule has 1 atom stereocenters. The van der Waals surface area contributed by atoms with Crippen molar-refractivity contribution < 1.29 is 4.79 Å². The van der Waals surface area contributed by atoms with E-state index in [1.165, 1.54) is 0 Å². The summed E-state index contributed by atoms with van der Waals surface area (Å²) >= 11 is 6.33. The van der Waals surface area contributed by atoms with E-state index in [0.717, 1.165) is 56.8 Å². The molecule has 0 spiro atoms. The molecule has 0 saturated carbocycles. The lowest BCUT2D eigenvalue weighted by molar-refractivity contribution is 0.0662. The molecule has 1 aliphatic heterocycles. The third kappa shape index (κ3) is 5.00. The molecule has 148 valence electrons. The Bertz CT molecular complexity index is 762. The molecule has 0 bridgehead atoms. The van der Waals surface area contributed by atoms with Crippen LogP contribution in [0, 0.1) is 5.92 Å². The van der Waals surface area contributed by atoms with Gasteiger partial charge in [0.05, 0.1) is 10.7 Å². The Labute approximate surface area is 171 Å². The summed E-state index contributed by atoms with van der Waals surface area (Å²) in [5, 5.41) is 8.32. The largest absolute Gasteiger partial charge is 0.336 e. The van der Waals surface area contributed by atoms with E-state index in [-0.39, 0.29) is 24.1 Å². The van der Waals surface area contributed by atoms with Crippen LogP contribution in [0.4, 0.5) is 0 Å². The number of nitrogens with one attached hydrogen (secondary N) is 1. The smallest absolute Gasteiger partial charge is 0.293 e. The van der Waals surface area contributed by atoms with E-state index in [9.17, 15) is 4.79 Å². The second-order valence-electron chi connectivity index (χ2n) is 6.78. The zero-order valence-corrected chi connectivity index (χ0v) is 17.4. The van der Waals surface area contributed by atoms with Gasteiger partial charge in [0.15, 0.2) is 0 Å². The molecular formula is C19H27Cl2N5O. The predicted molar refractivity (Wildman–Crippen MR) is 110 cm³/mol. The van der Waals surface area contributed by atoms with Crippen LogP contribution in [-0.2, 0) is 6.42 Å². The fraction of sp³-hybridized carbons (Fsp3) is 0.526. The number of rotatable bonds is 6. The van der Waals surface area contributed by atoms with Crippen LogP contribution in [-0.4, -0.2) is 52.3 Å². The minimum atomic E-state index is -0.0889. The van der Waals surface area contributed by atoms with E-state index >= 15 is 0 Å². The number of amides is 1. The second-order valence-corrected chi connectivity index (χ2v) is 7.19.